The van der Waals surface area contributed by atoms with Gasteiger partial charge in [0.05, 0.1) is 12.3 Å². The molecule has 2 rings (SSSR count). The molecule has 0 saturated heterocycles. The highest BCUT2D eigenvalue weighted by Crippen LogP contribution is 2.22. The molecule has 4 heteroatoms. The number of aromatic nitrogens is 2. The van der Waals surface area contributed by atoms with E-state index in [2.05, 4.69) is 35.5 Å². The van der Waals surface area contributed by atoms with Gasteiger partial charge in [-0.1, -0.05) is 19.1 Å². The van der Waals surface area contributed by atoms with E-state index in [1.54, 1.807) is 0 Å². The first-order valence-corrected chi connectivity index (χ1v) is 7.59. The predicted octanol–water partition coefficient (Wildman–Crippen LogP) is 2.88. The van der Waals surface area contributed by atoms with E-state index in [9.17, 15) is 0 Å². The van der Waals surface area contributed by atoms with Crippen LogP contribution in [-0.4, -0.2) is 23.4 Å². The van der Waals surface area contributed by atoms with E-state index in [-0.39, 0.29) is 6.04 Å². The van der Waals surface area contributed by atoms with Crippen LogP contribution in [0.25, 0.3) is 0 Å². The Morgan fingerprint density at radius 2 is 2.10 bits per heavy atom. The minimum absolute atomic E-state index is 0.255. The van der Waals surface area contributed by atoms with Crippen LogP contribution in [0.4, 0.5) is 0 Å². The van der Waals surface area contributed by atoms with Crippen molar-refractivity contribution in [1.82, 2.24) is 15.1 Å². The molecule has 0 saturated carbocycles. The third-order valence-corrected chi connectivity index (χ3v) is 3.72. The third-order valence-electron chi connectivity index (χ3n) is 3.72. The number of likely N-dealkylation sites (N-methyl/N-ethyl adjacent to an activating group) is 1. The molecule has 0 bridgehead atoms. The van der Waals surface area contributed by atoms with Crippen LogP contribution in [0.5, 0.6) is 5.75 Å². The van der Waals surface area contributed by atoms with Gasteiger partial charge in [0.25, 0.3) is 0 Å². The summed E-state index contributed by atoms with van der Waals surface area (Å²) in [4.78, 5) is 0. The van der Waals surface area contributed by atoms with Gasteiger partial charge in [-0.2, -0.15) is 5.10 Å². The van der Waals surface area contributed by atoms with Crippen LogP contribution in [0.2, 0.25) is 0 Å². The van der Waals surface area contributed by atoms with Gasteiger partial charge in [-0.25, -0.2) is 0 Å². The molecule has 0 aliphatic carbocycles. The number of hydrogen-bond donors (Lipinski definition) is 1. The molecule has 21 heavy (non-hydrogen) atoms. The molecule has 0 fully saturated rings. The number of hydrogen-bond acceptors (Lipinski definition) is 3. The summed E-state index contributed by atoms with van der Waals surface area (Å²) < 4.78 is 7.57. The maximum atomic E-state index is 5.59. The minimum atomic E-state index is 0.255. The molecule has 0 aliphatic rings. The standard InChI is InChI=1S/C17H25N3O/c1-5-14-11-15(20(4)19-14)12-17(18-3)13-8-7-9-16(10-13)21-6-2/h7-11,17-18H,5-6,12H2,1-4H3. The first-order valence-electron chi connectivity index (χ1n) is 7.59. The minimum Gasteiger partial charge on any atom is -0.494 e. The number of nitrogens with zero attached hydrogens (tertiary/aromatic N) is 2. The van der Waals surface area contributed by atoms with Crippen molar-refractivity contribution < 1.29 is 4.74 Å². The molecule has 4 nitrogen and oxygen atoms in total. The summed E-state index contributed by atoms with van der Waals surface area (Å²) in [5.74, 6) is 0.925. The van der Waals surface area contributed by atoms with E-state index in [0.717, 1.165) is 24.3 Å². The monoisotopic (exact) mass is 287 g/mol. The van der Waals surface area contributed by atoms with Crippen molar-refractivity contribution in [2.45, 2.75) is 32.7 Å². The van der Waals surface area contributed by atoms with Crippen LogP contribution < -0.4 is 10.1 Å². The average Bonchev–Trinajstić information content (AvgIpc) is 2.85. The summed E-state index contributed by atoms with van der Waals surface area (Å²) in [5.41, 5.74) is 3.63. The van der Waals surface area contributed by atoms with Gasteiger partial charge in [0, 0.05) is 25.2 Å². The average molecular weight is 287 g/mol. The second-order valence-corrected chi connectivity index (χ2v) is 5.16. The smallest absolute Gasteiger partial charge is 0.119 e. The van der Waals surface area contributed by atoms with Crippen molar-refractivity contribution in [2.24, 2.45) is 7.05 Å². The van der Waals surface area contributed by atoms with Crippen molar-refractivity contribution in [1.29, 1.82) is 0 Å². The Hall–Kier alpha value is -1.81. The van der Waals surface area contributed by atoms with Crippen molar-refractivity contribution in [3.63, 3.8) is 0 Å². The van der Waals surface area contributed by atoms with Crippen molar-refractivity contribution in [3.05, 3.63) is 47.3 Å². The Bertz CT molecular complexity index is 577. The van der Waals surface area contributed by atoms with E-state index < -0.39 is 0 Å². The topological polar surface area (TPSA) is 39.1 Å². The van der Waals surface area contributed by atoms with Crippen LogP contribution in [0.15, 0.2) is 30.3 Å². The molecule has 1 atom stereocenters. The van der Waals surface area contributed by atoms with E-state index in [0.29, 0.717) is 6.61 Å². The summed E-state index contributed by atoms with van der Waals surface area (Å²) >= 11 is 0. The molecule has 0 amide bonds. The second kappa shape index (κ2) is 7.27. The highest BCUT2D eigenvalue weighted by molar-refractivity contribution is 5.31. The highest BCUT2D eigenvalue weighted by atomic mass is 16.5. The van der Waals surface area contributed by atoms with E-state index >= 15 is 0 Å². The molecule has 1 N–H and O–H groups in total. The summed E-state index contributed by atoms with van der Waals surface area (Å²) in [5, 5.41) is 7.92. The van der Waals surface area contributed by atoms with Crippen LogP contribution in [0, 0.1) is 0 Å². The number of benzene rings is 1. The maximum absolute atomic E-state index is 5.59. The van der Waals surface area contributed by atoms with Gasteiger partial charge in [-0.15, -0.1) is 0 Å². The summed E-state index contributed by atoms with van der Waals surface area (Å²) in [6.07, 6.45) is 1.88. The molecular formula is C17H25N3O. The van der Waals surface area contributed by atoms with Gasteiger partial charge in [-0.05, 0) is 44.2 Å². The Kier molecular flexibility index (Phi) is 5.39. The van der Waals surface area contributed by atoms with Crippen molar-refractivity contribution >= 4 is 0 Å². The number of nitrogens with one attached hydrogen (secondary N) is 1. The number of rotatable bonds is 7. The van der Waals surface area contributed by atoms with Crippen LogP contribution in [0.1, 0.15) is 36.8 Å². The first-order chi connectivity index (χ1) is 10.2. The maximum Gasteiger partial charge on any atom is 0.119 e. The summed E-state index contributed by atoms with van der Waals surface area (Å²) in [6, 6.07) is 10.7. The molecule has 0 aliphatic heterocycles. The lowest BCUT2D eigenvalue weighted by Gasteiger charge is -2.17. The van der Waals surface area contributed by atoms with Gasteiger partial charge in [0.2, 0.25) is 0 Å². The zero-order valence-electron chi connectivity index (χ0n) is 13.4. The van der Waals surface area contributed by atoms with E-state index in [1.165, 1.54) is 11.3 Å². The lowest BCUT2D eigenvalue weighted by Crippen LogP contribution is -2.20. The number of aryl methyl sites for hydroxylation is 2. The SMILES string of the molecule is CCOc1cccc(C(Cc2cc(CC)nn2C)NC)c1. The molecule has 114 valence electrons. The largest absolute Gasteiger partial charge is 0.494 e. The lowest BCUT2D eigenvalue weighted by atomic mass is 10.0. The molecule has 1 aromatic heterocycles. The molecule has 2 aromatic rings. The molecule has 0 radical (unpaired) electrons. The van der Waals surface area contributed by atoms with Gasteiger partial charge in [-0.3, -0.25) is 4.68 Å². The number of ether oxygens (including phenoxy) is 1. The zero-order valence-corrected chi connectivity index (χ0v) is 13.4. The molecular weight excluding hydrogens is 262 g/mol. The Balaban J connectivity index is 2.19. The Morgan fingerprint density at radius 1 is 1.29 bits per heavy atom. The molecule has 1 unspecified atom stereocenters. The normalized spacial score (nSPS) is 12.4. The van der Waals surface area contributed by atoms with Crippen LogP contribution in [0.3, 0.4) is 0 Å². The lowest BCUT2D eigenvalue weighted by molar-refractivity contribution is 0.339. The van der Waals surface area contributed by atoms with Gasteiger partial charge >= 0.3 is 0 Å². The third kappa shape index (κ3) is 3.85. The van der Waals surface area contributed by atoms with Crippen molar-refractivity contribution in [3.8, 4) is 5.75 Å². The Labute approximate surface area is 127 Å². The fraction of sp³-hybridized carbons (Fsp3) is 0.471. The molecule has 0 spiro atoms. The second-order valence-electron chi connectivity index (χ2n) is 5.16. The van der Waals surface area contributed by atoms with E-state index in [4.69, 9.17) is 4.74 Å². The molecule has 1 aromatic carbocycles. The molecule has 1 heterocycles. The van der Waals surface area contributed by atoms with Crippen molar-refractivity contribution in [2.75, 3.05) is 13.7 Å². The van der Waals surface area contributed by atoms with Crippen LogP contribution in [-0.2, 0) is 19.9 Å². The highest BCUT2D eigenvalue weighted by Gasteiger charge is 2.14. The van der Waals surface area contributed by atoms with Gasteiger partial charge in [0.15, 0.2) is 0 Å². The Morgan fingerprint density at radius 3 is 2.71 bits per heavy atom. The quantitative estimate of drug-likeness (QED) is 0.851. The zero-order chi connectivity index (χ0) is 15.2. The fourth-order valence-corrected chi connectivity index (χ4v) is 2.52. The van der Waals surface area contributed by atoms with Crippen LogP contribution >= 0.6 is 0 Å². The van der Waals surface area contributed by atoms with Gasteiger partial charge < -0.3 is 10.1 Å². The van der Waals surface area contributed by atoms with Gasteiger partial charge in [0.1, 0.15) is 5.75 Å². The van der Waals surface area contributed by atoms with E-state index in [1.807, 2.05) is 37.8 Å². The predicted molar refractivity (Wildman–Crippen MR) is 85.7 cm³/mol. The summed E-state index contributed by atoms with van der Waals surface area (Å²) in [7, 11) is 4.01. The first kappa shape index (κ1) is 15.6. The fourth-order valence-electron chi connectivity index (χ4n) is 2.52. The summed E-state index contributed by atoms with van der Waals surface area (Å²) in [6.45, 7) is 4.83.